The zero-order chi connectivity index (χ0) is 13.0. The van der Waals surface area contributed by atoms with E-state index >= 15 is 0 Å². The molecule has 96 valence electrons. The average Bonchev–Trinajstić information content (AvgIpc) is 2.72. The van der Waals surface area contributed by atoms with E-state index in [2.05, 4.69) is 25.4 Å². The number of anilines is 1. The third-order valence-corrected chi connectivity index (χ3v) is 2.13. The highest BCUT2D eigenvalue weighted by atomic mass is 35.5. The number of nitrogens with zero attached hydrogens (tertiary/aromatic N) is 4. The van der Waals surface area contributed by atoms with E-state index in [0.29, 0.717) is 19.1 Å². The molecule has 18 heavy (non-hydrogen) atoms. The summed E-state index contributed by atoms with van der Waals surface area (Å²) in [4.78, 5) is 11.8. The number of hydrogen-bond acceptors (Lipinski definition) is 7. The molecule has 1 N–H and O–H groups in total. The number of ether oxygens (including phenoxy) is 1. The van der Waals surface area contributed by atoms with Gasteiger partial charge in [-0.3, -0.25) is 0 Å². The Morgan fingerprint density at radius 3 is 2.89 bits per heavy atom. The molecule has 2 aromatic rings. The van der Waals surface area contributed by atoms with E-state index in [1.54, 1.807) is 0 Å². The maximum Gasteiger partial charge on any atom is 0.322 e. The fourth-order valence-electron chi connectivity index (χ4n) is 1.28. The lowest BCUT2D eigenvalue weighted by Gasteiger charge is -2.05. The number of hydrogen-bond donors (Lipinski definition) is 1. The predicted molar refractivity (Wildman–Crippen MR) is 64.6 cm³/mol. The molecule has 0 aromatic carbocycles. The highest BCUT2D eigenvalue weighted by molar-refractivity contribution is 6.28. The van der Waals surface area contributed by atoms with Gasteiger partial charge in [0.1, 0.15) is 11.5 Å². The highest BCUT2D eigenvalue weighted by Gasteiger charge is 2.06. The highest BCUT2D eigenvalue weighted by Crippen LogP contribution is 2.12. The summed E-state index contributed by atoms with van der Waals surface area (Å²) >= 11 is 5.76. The summed E-state index contributed by atoms with van der Waals surface area (Å²) in [6, 6.07) is 2.01. The van der Waals surface area contributed by atoms with Crippen LogP contribution < -0.4 is 10.1 Å². The fraction of sp³-hybridized carbons (Fsp3) is 0.400. The van der Waals surface area contributed by atoms with Crippen LogP contribution in [-0.2, 0) is 6.54 Å². The van der Waals surface area contributed by atoms with Crippen LogP contribution in [0.5, 0.6) is 6.01 Å². The van der Waals surface area contributed by atoms with Crippen molar-refractivity contribution in [2.45, 2.75) is 20.4 Å². The SMILES string of the molecule is CCOc1nc(Cl)nc(NCc2cc(C)on2)n1. The van der Waals surface area contributed by atoms with E-state index in [1.165, 1.54) is 0 Å². The summed E-state index contributed by atoms with van der Waals surface area (Å²) < 4.78 is 10.1. The Morgan fingerprint density at radius 2 is 2.22 bits per heavy atom. The largest absolute Gasteiger partial charge is 0.464 e. The van der Waals surface area contributed by atoms with Gasteiger partial charge in [0.05, 0.1) is 13.2 Å². The smallest absolute Gasteiger partial charge is 0.322 e. The van der Waals surface area contributed by atoms with Gasteiger partial charge in [-0.05, 0) is 25.4 Å². The van der Waals surface area contributed by atoms with Crippen LogP contribution in [0.25, 0.3) is 0 Å². The second-order valence-corrected chi connectivity index (χ2v) is 3.76. The van der Waals surface area contributed by atoms with Crippen molar-refractivity contribution in [3.05, 3.63) is 22.8 Å². The van der Waals surface area contributed by atoms with Crippen LogP contribution in [0.3, 0.4) is 0 Å². The number of rotatable bonds is 5. The van der Waals surface area contributed by atoms with Crippen LogP contribution in [0.15, 0.2) is 10.6 Å². The summed E-state index contributed by atoms with van der Waals surface area (Å²) in [5.41, 5.74) is 0.752. The first-order chi connectivity index (χ1) is 8.67. The molecule has 0 bridgehead atoms. The quantitative estimate of drug-likeness (QED) is 0.886. The molecule has 0 atom stereocenters. The molecular weight excluding hydrogens is 258 g/mol. The second kappa shape index (κ2) is 5.63. The Morgan fingerprint density at radius 1 is 1.39 bits per heavy atom. The van der Waals surface area contributed by atoms with Crippen LogP contribution in [0.1, 0.15) is 18.4 Å². The van der Waals surface area contributed by atoms with E-state index in [9.17, 15) is 0 Å². The first kappa shape index (κ1) is 12.6. The Balaban J connectivity index is 2.04. The molecule has 0 aliphatic carbocycles. The van der Waals surface area contributed by atoms with Crippen LogP contribution in [0, 0.1) is 6.92 Å². The van der Waals surface area contributed by atoms with Gasteiger partial charge in [0, 0.05) is 6.07 Å². The van der Waals surface area contributed by atoms with Crippen LogP contribution in [0.4, 0.5) is 5.95 Å². The lowest BCUT2D eigenvalue weighted by atomic mass is 10.4. The van der Waals surface area contributed by atoms with E-state index < -0.39 is 0 Å². The molecule has 2 rings (SSSR count). The van der Waals surface area contributed by atoms with Gasteiger partial charge >= 0.3 is 6.01 Å². The zero-order valence-electron chi connectivity index (χ0n) is 9.97. The summed E-state index contributed by atoms with van der Waals surface area (Å²) in [7, 11) is 0. The molecule has 7 nitrogen and oxygen atoms in total. The third kappa shape index (κ3) is 3.30. The van der Waals surface area contributed by atoms with Crippen molar-refractivity contribution < 1.29 is 9.26 Å². The molecule has 0 unspecified atom stereocenters. The topological polar surface area (TPSA) is 86.0 Å². The van der Waals surface area contributed by atoms with Crippen molar-refractivity contribution in [3.8, 4) is 6.01 Å². The van der Waals surface area contributed by atoms with E-state index in [1.807, 2.05) is 19.9 Å². The molecule has 0 saturated carbocycles. The molecule has 2 aromatic heterocycles. The van der Waals surface area contributed by atoms with Crippen molar-refractivity contribution >= 4 is 17.5 Å². The third-order valence-electron chi connectivity index (χ3n) is 1.97. The first-order valence-electron chi connectivity index (χ1n) is 5.38. The maximum absolute atomic E-state index is 5.76. The van der Waals surface area contributed by atoms with Gasteiger partial charge in [0.25, 0.3) is 0 Å². The molecular formula is C10H12ClN5O2. The lowest BCUT2D eigenvalue weighted by molar-refractivity contribution is 0.312. The Labute approximate surface area is 109 Å². The van der Waals surface area contributed by atoms with E-state index in [0.717, 1.165) is 11.5 Å². The molecule has 0 amide bonds. The molecule has 0 saturated heterocycles. The molecule has 0 aliphatic rings. The molecule has 0 aliphatic heterocycles. The van der Waals surface area contributed by atoms with Crippen molar-refractivity contribution in [2.24, 2.45) is 0 Å². The Hall–Kier alpha value is -1.89. The Bertz CT molecular complexity index is 531. The molecule has 0 radical (unpaired) electrons. The fourth-order valence-corrected chi connectivity index (χ4v) is 1.43. The number of nitrogens with one attached hydrogen (secondary N) is 1. The minimum atomic E-state index is 0.0762. The predicted octanol–water partition coefficient (Wildman–Crippen LogP) is 1.83. The summed E-state index contributed by atoms with van der Waals surface area (Å²) in [6.45, 7) is 4.55. The molecule has 0 fully saturated rings. The standard InChI is InChI=1S/C10H12ClN5O2/c1-3-17-10-14-8(11)13-9(15-10)12-5-7-4-6(2)18-16-7/h4H,3,5H2,1-2H3,(H,12,13,14,15). The van der Waals surface area contributed by atoms with Crippen molar-refractivity contribution in [1.82, 2.24) is 20.1 Å². The van der Waals surface area contributed by atoms with Crippen LogP contribution in [-0.4, -0.2) is 26.7 Å². The van der Waals surface area contributed by atoms with Gasteiger partial charge in [0.15, 0.2) is 0 Å². The monoisotopic (exact) mass is 269 g/mol. The lowest BCUT2D eigenvalue weighted by Crippen LogP contribution is -2.07. The summed E-state index contributed by atoms with van der Waals surface area (Å²) in [6.07, 6.45) is 0. The molecule has 0 spiro atoms. The second-order valence-electron chi connectivity index (χ2n) is 3.43. The van der Waals surface area contributed by atoms with Gasteiger partial charge in [-0.15, -0.1) is 0 Å². The number of aryl methyl sites for hydroxylation is 1. The summed E-state index contributed by atoms with van der Waals surface area (Å²) in [5.74, 6) is 1.08. The minimum Gasteiger partial charge on any atom is -0.464 e. The van der Waals surface area contributed by atoms with Gasteiger partial charge in [-0.2, -0.15) is 15.0 Å². The Kier molecular flexibility index (Phi) is 3.93. The molecule has 2 heterocycles. The summed E-state index contributed by atoms with van der Waals surface area (Å²) in [5, 5.41) is 6.88. The van der Waals surface area contributed by atoms with Gasteiger partial charge in [0.2, 0.25) is 11.2 Å². The van der Waals surface area contributed by atoms with Gasteiger partial charge in [-0.1, -0.05) is 5.16 Å². The molecule has 8 heteroatoms. The minimum absolute atomic E-state index is 0.0762. The van der Waals surface area contributed by atoms with Crippen molar-refractivity contribution in [1.29, 1.82) is 0 Å². The normalized spacial score (nSPS) is 10.4. The van der Waals surface area contributed by atoms with E-state index in [-0.39, 0.29) is 11.3 Å². The van der Waals surface area contributed by atoms with Crippen molar-refractivity contribution in [3.63, 3.8) is 0 Å². The number of aromatic nitrogens is 4. The first-order valence-corrected chi connectivity index (χ1v) is 5.75. The maximum atomic E-state index is 5.76. The zero-order valence-corrected chi connectivity index (χ0v) is 10.7. The average molecular weight is 270 g/mol. The number of halogens is 1. The van der Waals surface area contributed by atoms with Gasteiger partial charge < -0.3 is 14.6 Å². The van der Waals surface area contributed by atoms with Crippen molar-refractivity contribution in [2.75, 3.05) is 11.9 Å². The van der Waals surface area contributed by atoms with E-state index in [4.69, 9.17) is 20.9 Å². The van der Waals surface area contributed by atoms with Crippen LogP contribution >= 0.6 is 11.6 Å². The van der Waals surface area contributed by atoms with Crippen LogP contribution in [0.2, 0.25) is 5.28 Å². The van der Waals surface area contributed by atoms with Gasteiger partial charge in [-0.25, -0.2) is 0 Å².